The predicted molar refractivity (Wildman–Crippen MR) is 104 cm³/mol. The first-order chi connectivity index (χ1) is 12.7. The molecule has 2 amide bonds. The third kappa shape index (κ3) is 5.86. The van der Waals surface area contributed by atoms with E-state index in [0.29, 0.717) is 22.7 Å². The van der Waals surface area contributed by atoms with Crippen LogP contribution in [0.25, 0.3) is 0 Å². The van der Waals surface area contributed by atoms with Gasteiger partial charge in [-0.3, -0.25) is 9.59 Å². The first-order valence-electron chi connectivity index (χ1n) is 8.58. The van der Waals surface area contributed by atoms with Gasteiger partial charge in [0.1, 0.15) is 5.75 Å². The van der Waals surface area contributed by atoms with Gasteiger partial charge in [-0.2, -0.15) is 5.26 Å². The van der Waals surface area contributed by atoms with Crippen LogP contribution >= 0.6 is 0 Å². The lowest BCUT2D eigenvalue weighted by Gasteiger charge is -2.18. The predicted octanol–water partition coefficient (Wildman–Crippen LogP) is 3.95. The third-order valence-electron chi connectivity index (χ3n) is 3.71. The topological polar surface area (TPSA) is 91.2 Å². The molecule has 0 fully saturated rings. The number of amides is 2. The zero-order chi connectivity index (χ0) is 20.0. The molecule has 0 saturated carbocycles. The maximum Gasteiger partial charge on any atom is 0.265 e. The Kier molecular flexibility index (Phi) is 6.19. The number of hydrogen-bond donors (Lipinski definition) is 2. The van der Waals surface area contributed by atoms with Crippen LogP contribution in [0.15, 0.2) is 48.5 Å². The summed E-state index contributed by atoms with van der Waals surface area (Å²) in [5.41, 5.74) is 1.10. The zero-order valence-electron chi connectivity index (χ0n) is 15.9. The summed E-state index contributed by atoms with van der Waals surface area (Å²) in [6, 6.07) is 15.6. The number of ether oxygens (including phenoxy) is 1. The van der Waals surface area contributed by atoms with Crippen molar-refractivity contribution < 1.29 is 14.3 Å². The first-order valence-corrected chi connectivity index (χ1v) is 8.58. The van der Waals surface area contributed by atoms with E-state index in [1.54, 1.807) is 55.5 Å². The minimum absolute atomic E-state index is 0.111. The van der Waals surface area contributed by atoms with Gasteiger partial charge in [0.2, 0.25) is 5.91 Å². The standard InChI is InChI=1S/C21H23N3O3/c1-14(27-18-10-5-7-15(11-18)13-22)19(25)23-16-8-6-9-17(12-16)24-20(26)21(2,3)4/h5-12,14H,1-4H3,(H,23,25)(H,24,26). The van der Waals surface area contributed by atoms with E-state index in [1.807, 2.05) is 26.8 Å². The van der Waals surface area contributed by atoms with Gasteiger partial charge in [0.15, 0.2) is 6.10 Å². The Hall–Kier alpha value is -3.33. The minimum atomic E-state index is -0.758. The fourth-order valence-corrected chi connectivity index (χ4v) is 2.13. The summed E-state index contributed by atoms with van der Waals surface area (Å²) < 4.78 is 5.60. The molecule has 2 aromatic carbocycles. The largest absolute Gasteiger partial charge is 0.481 e. The number of carbonyl (C=O) groups excluding carboxylic acids is 2. The summed E-state index contributed by atoms with van der Waals surface area (Å²) in [5, 5.41) is 14.5. The highest BCUT2D eigenvalue weighted by molar-refractivity contribution is 5.97. The van der Waals surface area contributed by atoms with E-state index < -0.39 is 11.5 Å². The molecule has 1 unspecified atom stereocenters. The number of rotatable bonds is 5. The monoisotopic (exact) mass is 365 g/mol. The lowest BCUT2D eigenvalue weighted by molar-refractivity contribution is -0.123. The second-order valence-electron chi connectivity index (χ2n) is 7.17. The van der Waals surface area contributed by atoms with Crippen LogP contribution in [-0.2, 0) is 9.59 Å². The Morgan fingerprint density at radius 3 is 2.30 bits per heavy atom. The summed E-state index contributed by atoms with van der Waals surface area (Å²) in [6.07, 6.45) is -0.758. The Balaban J connectivity index is 2.01. The first kappa shape index (κ1) is 20.0. The van der Waals surface area contributed by atoms with E-state index in [0.717, 1.165) is 0 Å². The van der Waals surface area contributed by atoms with Crippen LogP contribution in [0, 0.1) is 16.7 Å². The molecule has 0 aliphatic rings. The lowest BCUT2D eigenvalue weighted by atomic mass is 9.95. The van der Waals surface area contributed by atoms with Gasteiger partial charge in [-0.15, -0.1) is 0 Å². The lowest BCUT2D eigenvalue weighted by Crippen LogP contribution is -2.30. The molecule has 0 aromatic heterocycles. The third-order valence-corrected chi connectivity index (χ3v) is 3.71. The molecule has 2 N–H and O–H groups in total. The summed E-state index contributed by atoms with van der Waals surface area (Å²) in [4.78, 5) is 24.5. The molecule has 27 heavy (non-hydrogen) atoms. The van der Waals surface area contributed by atoms with E-state index >= 15 is 0 Å². The molecule has 0 heterocycles. The van der Waals surface area contributed by atoms with E-state index in [-0.39, 0.29) is 11.8 Å². The molecule has 0 aliphatic heterocycles. The highest BCUT2D eigenvalue weighted by Crippen LogP contribution is 2.20. The average Bonchev–Trinajstić information content (AvgIpc) is 2.61. The van der Waals surface area contributed by atoms with Crippen LogP contribution in [0.5, 0.6) is 5.75 Å². The number of nitriles is 1. The van der Waals surface area contributed by atoms with Crippen LogP contribution in [0.1, 0.15) is 33.3 Å². The highest BCUT2D eigenvalue weighted by atomic mass is 16.5. The van der Waals surface area contributed by atoms with Gasteiger partial charge in [0, 0.05) is 16.8 Å². The van der Waals surface area contributed by atoms with Crippen molar-refractivity contribution in [1.29, 1.82) is 5.26 Å². The molecule has 2 aromatic rings. The highest BCUT2D eigenvalue weighted by Gasteiger charge is 2.21. The molecule has 6 heteroatoms. The smallest absolute Gasteiger partial charge is 0.265 e. The van der Waals surface area contributed by atoms with Crippen LogP contribution in [0.4, 0.5) is 11.4 Å². The second-order valence-corrected chi connectivity index (χ2v) is 7.17. The quantitative estimate of drug-likeness (QED) is 0.839. The van der Waals surface area contributed by atoms with Gasteiger partial charge in [0.25, 0.3) is 5.91 Å². The molecule has 6 nitrogen and oxygen atoms in total. The number of benzene rings is 2. The summed E-state index contributed by atoms with van der Waals surface area (Å²) in [7, 11) is 0. The number of hydrogen-bond acceptors (Lipinski definition) is 4. The van der Waals surface area contributed by atoms with Crippen LogP contribution in [0.3, 0.4) is 0 Å². The Labute approximate surface area is 159 Å². The number of carbonyl (C=O) groups is 2. The van der Waals surface area contributed by atoms with Crippen molar-refractivity contribution in [3.63, 3.8) is 0 Å². The van der Waals surface area contributed by atoms with Gasteiger partial charge in [-0.05, 0) is 43.3 Å². The maximum atomic E-state index is 12.4. The number of nitrogens with zero attached hydrogens (tertiary/aromatic N) is 1. The maximum absolute atomic E-state index is 12.4. The van der Waals surface area contributed by atoms with Crippen LogP contribution in [-0.4, -0.2) is 17.9 Å². The van der Waals surface area contributed by atoms with Crippen molar-refractivity contribution in [2.24, 2.45) is 5.41 Å². The van der Waals surface area contributed by atoms with E-state index in [1.165, 1.54) is 0 Å². The summed E-state index contributed by atoms with van der Waals surface area (Å²) in [6.45, 7) is 7.11. The molecule has 2 rings (SSSR count). The SMILES string of the molecule is CC(Oc1cccc(C#N)c1)C(=O)Nc1cccc(NC(=O)C(C)(C)C)c1. The molecule has 140 valence electrons. The van der Waals surface area contributed by atoms with E-state index in [9.17, 15) is 9.59 Å². The van der Waals surface area contributed by atoms with Crippen LogP contribution < -0.4 is 15.4 Å². The Morgan fingerprint density at radius 2 is 1.67 bits per heavy atom. The van der Waals surface area contributed by atoms with Gasteiger partial charge in [-0.1, -0.05) is 32.9 Å². The Morgan fingerprint density at radius 1 is 1.04 bits per heavy atom. The molecule has 0 aliphatic carbocycles. The second kappa shape index (κ2) is 8.37. The van der Waals surface area contributed by atoms with Crippen LogP contribution in [0.2, 0.25) is 0 Å². The van der Waals surface area contributed by atoms with Gasteiger partial charge in [0.05, 0.1) is 11.6 Å². The van der Waals surface area contributed by atoms with Crippen molar-refractivity contribution >= 4 is 23.2 Å². The molecular formula is C21H23N3O3. The van der Waals surface area contributed by atoms with Crippen molar-refractivity contribution in [3.05, 3.63) is 54.1 Å². The summed E-state index contributed by atoms with van der Waals surface area (Å²) in [5.74, 6) is -0.000368. The molecule has 0 saturated heterocycles. The summed E-state index contributed by atoms with van der Waals surface area (Å²) >= 11 is 0. The van der Waals surface area contributed by atoms with Gasteiger partial charge >= 0.3 is 0 Å². The van der Waals surface area contributed by atoms with E-state index in [2.05, 4.69) is 10.6 Å². The molecule has 1 atom stereocenters. The van der Waals surface area contributed by atoms with Crippen molar-refractivity contribution in [3.8, 4) is 11.8 Å². The van der Waals surface area contributed by atoms with Gasteiger partial charge < -0.3 is 15.4 Å². The fraction of sp³-hybridized carbons (Fsp3) is 0.286. The van der Waals surface area contributed by atoms with Crippen molar-refractivity contribution in [2.75, 3.05) is 10.6 Å². The number of nitrogens with one attached hydrogen (secondary N) is 2. The molecule has 0 spiro atoms. The average molecular weight is 365 g/mol. The fourth-order valence-electron chi connectivity index (χ4n) is 2.13. The molecule has 0 bridgehead atoms. The molecule has 0 radical (unpaired) electrons. The Bertz CT molecular complexity index is 879. The zero-order valence-corrected chi connectivity index (χ0v) is 15.9. The molecular weight excluding hydrogens is 342 g/mol. The number of anilines is 2. The minimum Gasteiger partial charge on any atom is -0.481 e. The van der Waals surface area contributed by atoms with Crippen molar-refractivity contribution in [1.82, 2.24) is 0 Å². The normalized spacial score (nSPS) is 11.8. The van der Waals surface area contributed by atoms with E-state index in [4.69, 9.17) is 10.00 Å². The van der Waals surface area contributed by atoms with Crippen molar-refractivity contribution in [2.45, 2.75) is 33.8 Å². The van der Waals surface area contributed by atoms with Gasteiger partial charge in [-0.25, -0.2) is 0 Å².